The first-order chi connectivity index (χ1) is 13.6. The average molecular weight is 381 g/mol. The molecular formula is C20H24FN7. The number of nitriles is 1. The Morgan fingerprint density at radius 2 is 1.61 bits per heavy atom. The lowest BCUT2D eigenvalue weighted by Gasteiger charge is -2.37. The first kappa shape index (κ1) is 18.4. The molecule has 7 nitrogen and oxygen atoms in total. The third-order valence-corrected chi connectivity index (χ3v) is 5.39. The van der Waals surface area contributed by atoms with Crippen LogP contribution in [0.4, 0.5) is 21.8 Å². The summed E-state index contributed by atoms with van der Waals surface area (Å²) in [5, 5.41) is 9.06. The molecule has 0 N–H and O–H groups in total. The molecule has 0 radical (unpaired) electrons. The van der Waals surface area contributed by atoms with E-state index in [-0.39, 0.29) is 5.82 Å². The molecule has 1 aromatic heterocycles. The maximum atomic E-state index is 13.7. The molecule has 2 aliphatic rings. The van der Waals surface area contributed by atoms with Crippen molar-refractivity contribution in [3.63, 3.8) is 0 Å². The van der Waals surface area contributed by atoms with Gasteiger partial charge in [0, 0.05) is 64.2 Å². The molecule has 2 aromatic rings. The number of nitrogens with zero attached hydrogens (tertiary/aromatic N) is 7. The maximum Gasteiger partial charge on any atom is 0.227 e. The molecule has 0 amide bonds. The lowest BCUT2D eigenvalue weighted by atomic mass is 10.2. The zero-order valence-corrected chi connectivity index (χ0v) is 16.1. The second kappa shape index (κ2) is 7.98. The largest absolute Gasteiger partial charge is 0.368 e. The van der Waals surface area contributed by atoms with E-state index in [9.17, 15) is 4.39 Å². The Hall–Kier alpha value is -2.92. The molecular weight excluding hydrogens is 357 g/mol. The molecule has 0 bridgehead atoms. The van der Waals surface area contributed by atoms with Gasteiger partial charge >= 0.3 is 0 Å². The highest BCUT2D eigenvalue weighted by Gasteiger charge is 2.22. The Morgan fingerprint density at radius 3 is 2.32 bits per heavy atom. The smallest absolute Gasteiger partial charge is 0.227 e. The Kier molecular flexibility index (Phi) is 5.26. The molecule has 0 spiro atoms. The predicted molar refractivity (Wildman–Crippen MR) is 107 cm³/mol. The van der Waals surface area contributed by atoms with Crippen molar-refractivity contribution in [2.45, 2.75) is 0 Å². The molecule has 0 unspecified atom stereocenters. The molecule has 1 aromatic carbocycles. The van der Waals surface area contributed by atoms with Crippen LogP contribution in [0.15, 0.2) is 30.5 Å². The van der Waals surface area contributed by atoms with Crippen LogP contribution in [0.1, 0.15) is 5.56 Å². The number of benzene rings is 1. The van der Waals surface area contributed by atoms with Crippen molar-refractivity contribution >= 4 is 17.5 Å². The molecule has 2 saturated heterocycles. The third kappa shape index (κ3) is 3.99. The van der Waals surface area contributed by atoms with Crippen molar-refractivity contribution in [3.05, 3.63) is 41.8 Å². The number of likely N-dealkylation sites (N-methyl/N-ethyl adjacent to an activating group) is 1. The molecule has 28 heavy (non-hydrogen) atoms. The fourth-order valence-corrected chi connectivity index (χ4v) is 3.69. The second-order valence-corrected chi connectivity index (χ2v) is 7.29. The van der Waals surface area contributed by atoms with Crippen molar-refractivity contribution in [1.82, 2.24) is 14.9 Å². The summed E-state index contributed by atoms with van der Waals surface area (Å²) >= 11 is 0. The van der Waals surface area contributed by atoms with Crippen LogP contribution in [0, 0.1) is 17.1 Å². The number of rotatable bonds is 3. The first-order valence-corrected chi connectivity index (χ1v) is 9.59. The van der Waals surface area contributed by atoms with Gasteiger partial charge in [-0.2, -0.15) is 10.2 Å². The van der Waals surface area contributed by atoms with Gasteiger partial charge in [-0.3, -0.25) is 0 Å². The van der Waals surface area contributed by atoms with Crippen LogP contribution in [0.5, 0.6) is 0 Å². The number of hydrogen-bond donors (Lipinski definition) is 0. The highest BCUT2D eigenvalue weighted by Crippen LogP contribution is 2.22. The van der Waals surface area contributed by atoms with Crippen molar-refractivity contribution in [1.29, 1.82) is 5.26 Å². The van der Waals surface area contributed by atoms with Crippen LogP contribution in [-0.4, -0.2) is 74.3 Å². The van der Waals surface area contributed by atoms with Crippen LogP contribution < -0.4 is 14.7 Å². The molecule has 146 valence electrons. The average Bonchev–Trinajstić information content (AvgIpc) is 2.74. The molecule has 0 atom stereocenters. The minimum atomic E-state index is -0.375. The van der Waals surface area contributed by atoms with Crippen LogP contribution in [0.3, 0.4) is 0 Å². The standard InChI is InChI=1S/C20H24FN7/c1-25-4-6-27(7-5-25)19-2-3-23-20(24-19)28-10-8-26(9-11-28)18-13-16(15-22)12-17(21)14-18/h2-3,12-14H,4-11H2,1H3. The van der Waals surface area contributed by atoms with Gasteiger partial charge in [0.15, 0.2) is 0 Å². The lowest BCUT2D eigenvalue weighted by molar-refractivity contribution is 0.312. The summed E-state index contributed by atoms with van der Waals surface area (Å²) < 4.78 is 13.7. The van der Waals surface area contributed by atoms with E-state index in [2.05, 4.69) is 31.6 Å². The monoisotopic (exact) mass is 381 g/mol. The van der Waals surface area contributed by atoms with E-state index in [1.54, 1.807) is 6.07 Å². The van der Waals surface area contributed by atoms with Gasteiger partial charge in [0.05, 0.1) is 11.6 Å². The number of piperazine rings is 2. The fraction of sp³-hybridized carbons (Fsp3) is 0.450. The molecule has 2 fully saturated rings. The summed E-state index contributed by atoms with van der Waals surface area (Å²) in [6.07, 6.45) is 1.83. The highest BCUT2D eigenvalue weighted by atomic mass is 19.1. The van der Waals surface area contributed by atoms with Crippen LogP contribution in [0.25, 0.3) is 0 Å². The minimum absolute atomic E-state index is 0.348. The molecule has 2 aliphatic heterocycles. The van der Waals surface area contributed by atoms with Crippen molar-refractivity contribution in [3.8, 4) is 6.07 Å². The van der Waals surface area contributed by atoms with Gasteiger partial charge in [-0.15, -0.1) is 0 Å². The van der Waals surface area contributed by atoms with Crippen molar-refractivity contribution < 1.29 is 4.39 Å². The van der Waals surface area contributed by atoms with Gasteiger partial charge in [-0.1, -0.05) is 0 Å². The van der Waals surface area contributed by atoms with Gasteiger partial charge in [0.1, 0.15) is 11.6 Å². The number of hydrogen-bond acceptors (Lipinski definition) is 7. The Labute approximate surface area is 164 Å². The maximum absolute atomic E-state index is 13.7. The Bertz CT molecular complexity index is 865. The molecule has 0 aliphatic carbocycles. The summed E-state index contributed by atoms with van der Waals surface area (Å²) in [6.45, 7) is 7.00. The topological polar surface area (TPSA) is 62.5 Å². The SMILES string of the molecule is CN1CCN(c2ccnc(N3CCN(c4cc(F)cc(C#N)c4)CC3)n2)CC1. The van der Waals surface area contributed by atoms with E-state index in [0.29, 0.717) is 5.56 Å². The molecule has 3 heterocycles. The van der Waals surface area contributed by atoms with Crippen LogP contribution in [-0.2, 0) is 0 Å². The summed E-state index contributed by atoms with van der Waals surface area (Å²) in [5.74, 6) is 1.34. The van der Waals surface area contributed by atoms with E-state index < -0.39 is 0 Å². The minimum Gasteiger partial charge on any atom is -0.368 e. The first-order valence-electron chi connectivity index (χ1n) is 9.59. The van der Waals surface area contributed by atoms with E-state index in [0.717, 1.165) is 69.8 Å². The summed E-state index contributed by atoms with van der Waals surface area (Å²) in [6, 6.07) is 8.48. The fourth-order valence-electron chi connectivity index (χ4n) is 3.69. The van der Waals surface area contributed by atoms with E-state index in [1.807, 2.05) is 18.3 Å². The highest BCUT2D eigenvalue weighted by molar-refractivity contribution is 5.53. The third-order valence-electron chi connectivity index (χ3n) is 5.39. The van der Waals surface area contributed by atoms with Gasteiger partial charge in [-0.25, -0.2) is 9.37 Å². The van der Waals surface area contributed by atoms with E-state index in [4.69, 9.17) is 10.2 Å². The van der Waals surface area contributed by atoms with Crippen molar-refractivity contribution in [2.24, 2.45) is 0 Å². The Morgan fingerprint density at radius 1 is 0.929 bits per heavy atom. The zero-order valence-electron chi connectivity index (χ0n) is 16.1. The lowest BCUT2D eigenvalue weighted by Crippen LogP contribution is -2.47. The summed E-state index contributed by atoms with van der Waals surface area (Å²) in [4.78, 5) is 18.1. The van der Waals surface area contributed by atoms with Gasteiger partial charge in [0.2, 0.25) is 5.95 Å². The number of halogens is 1. The van der Waals surface area contributed by atoms with Crippen LogP contribution >= 0.6 is 0 Å². The predicted octanol–water partition coefficient (Wildman–Crippen LogP) is 1.57. The number of aromatic nitrogens is 2. The van der Waals surface area contributed by atoms with E-state index in [1.165, 1.54) is 12.1 Å². The second-order valence-electron chi connectivity index (χ2n) is 7.29. The Balaban J connectivity index is 1.42. The summed E-state index contributed by atoms with van der Waals surface area (Å²) in [5.41, 5.74) is 1.10. The zero-order chi connectivity index (χ0) is 19.5. The molecule has 4 rings (SSSR count). The molecule has 8 heteroatoms. The molecule has 0 saturated carbocycles. The number of anilines is 3. The van der Waals surface area contributed by atoms with E-state index >= 15 is 0 Å². The van der Waals surface area contributed by atoms with Gasteiger partial charge in [-0.05, 0) is 31.3 Å². The normalized spacial score (nSPS) is 18.2. The quantitative estimate of drug-likeness (QED) is 0.800. The summed E-state index contributed by atoms with van der Waals surface area (Å²) in [7, 11) is 2.14. The van der Waals surface area contributed by atoms with Crippen LogP contribution in [0.2, 0.25) is 0 Å². The van der Waals surface area contributed by atoms with Crippen molar-refractivity contribution in [2.75, 3.05) is 74.1 Å². The van der Waals surface area contributed by atoms with Gasteiger partial charge < -0.3 is 19.6 Å². The van der Waals surface area contributed by atoms with Gasteiger partial charge in [0.25, 0.3) is 0 Å².